The highest BCUT2D eigenvalue weighted by Crippen LogP contribution is 2.07. The molecule has 0 aromatic carbocycles. The van der Waals surface area contributed by atoms with Crippen LogP contribution < -0.4 is 0 Å². The topological polar surface area (TPSA) is 147 Å². The number of aldehydes is 1. The zero-order valence-corrected chi connectivity index (χ0v) is 7.13. The number of aliphatic hydroxyl groups is 4. The van der Waals surface area contributed by atoms with E-state index in [0.29, 0.717) is 0 Å². The van der Waals surface area contributed by atoms with Gasteiger partial charge in [-0.3, -0.25) is 0 Å². The van der Waals surface area contributed by atoms with E-state index in [1.54, 1.807) is 0 Å². The molecule has 0 saturated carbocycles. The van der Waals surface area contributed by atoms with Gasteiger partial charge >= 0.3 is 0 Å². The lowest BCUT2D eigenvalue weighted by Crippen LogP contribution is -2.39. The van der Waals surface area contributed by atoms with E-state index in [1.165, 1.54) is 0 Å². The Morgan fingerprint density at radius 1 is 1.36 bits per heavy atom. The molecule has 4 atom stereocenters. The Bertz CT molecular complexity index is 230. The monoisotopic (exact) mass is 205 g/mol. The van der Waals surface area contributed by atoms with Gasteiger partial charge in [0.15, 0.2) is 6.29 Å². The Morgan fingerprint density at radius 2 is 1.93 bits per heavy atom. The summed E-state index contributed by atoms with van der Waals surface area (Å²) in [6.45, 7) is 0. The van der Waals surface area contributed by atoms with Crippen LogP contribution in [0.2, 0.25) is 0 Å². The predicted molar refractivity (Wildman–Crippen MR) is 43.9 cm³/mol. The first-order valence-corrected chi connectivity index (χ1v) is 3.74. The number of rotatable bonds is 6. The van der Waals surface area contributed by atoms with Gasteiger partial charge in [0.05, 0.1) is 6.10 Å². The number of hydrogen-bond acceptors (Lipinski definition) is 6. The summed E-state index contributed by atoms with van der Waals surface area (Å²) < 4.78 is 0. The Hall–Kier alpha value is -1.18. The van der Waals surface area contributed by atoms with Gasteiger partial charge in [0.25, 0.3) is 0 Å². The van der Waals surface area contributed by atoms with Crippen LogP contribution in [-0.4, -0.2) is 51.3 Å². The van der Waals surface area contributed by atoms with Crippen LogP contribution in [0.1, 0.15) is 6.42 Å². The third-order valence-electron chi connectivity index (χ3n) is 1.52. The average Bonchev–Trinajstić information content (AvgIpc) is 2.15. The molecule has 0 aliphatic carbocycles. The van der Waals surface area contributed by atoms with Crippen molar-refractivity contribution < 1.29 is 25.2 Å². The van der Waals surface area contributed by atoms with Crippen LogP contribution in [0.3, 0.4) is 0 Å². The first-order chi connectivity index (χ1) is 6.52. The molecule has 4 N–H and O–H groups in total. The fraction of sp³-hybridized carbons (Fsp3) is 0.833. The van der Waals surface area contributed by atoms with Gasteiger partial charge in [0, 0.05) is 11.3 Å². The van der Waals surface area contributed by atoms with Crippen LogP contribution in [0.4, 0.5) is 0 Å². The Labute approximate surface area is 79.0 Å². The minimum absolute atomic E-state index is 0.0494. The fourth-order valence-corrected chi connectivity index (χ4v) is 0.770. The third kappa shape index (κ3) is 4.17. The molecular formula is C6H11N3O5. The lowest BCUT2D eigenvalue weighted by atomic mass is 10.1. The first-order valence-electron chi connectivity index (χ1n) is 3.74. The van der Waals surface area contributed by atoms with E-state index in [0.717, 1.165) is 0 Å². The summed E-state index contributed by atoms with van der Waals surface area (Å²) in [5.41, 5.74) is 7.89. The second-order valence-electron chi connectivity index (χ2n) is 2.61. The molecule has 0 radical (unpaired) electrons. The standard InChI is InChI=1S/C6H11N3O5/c7-9-8-5(13)1-3(11)6(14)4(12)2-10/h2-6,11-14H,1H2/t3-,4+,5+,6+/m1/s1. The minimum atomic E-state index is -1.73. The second-order valence-corrected chi connectivity index (χ2v) is 2.61. The summed E-state index contributed by atoms with van der Waals surface area (Å²) in [6, 6.07) is 0. The minimum Gasteiger partial charge on any atom is -0.390 e. The molecule has 0 heterocycles. The van der Waals surface area contributed by atoms with E-state index < -0.39 is 31.0 Å². The van der Waals surface area contributed by atoms with E-state index in [1.807, 2.05) is 0 Å². The van der Waals surface area contributed by atoms with E-state index in [9.17, 15) is 4.79 Å². The molecule has 8 heteroatoms. The molecule has 80 valence electrons. The van der Waals surface area contributed by atoms with Gasteiger partial charge in [-0.25, -0.2) is 0 Å². The van der Waals surface area contributed by atoms with Crippen molar-refractivity contribution in [2.45, 2.75) is 31.0 Å². The quantitative estimate of drug-likeness (QED) is 0.176. The number of carbonyl (C=O) groups excluding carboxylic acids is 1. The molecule has 0 rings (SSSR count). The van der Waals surface area contributed by atoms with Crippen molar-refractivity contribution >= 4 is 6.29 Å². The zero-order chi connectivity index (χ0) is 11.1. The molecule has 0 aromatic heterocycles. The number of hydrogen-bond donors (Lipinski definition) is 4. The SMILES string of the molecule is [N-]=[N+]=N[C@@H](O)C[C@@H](O)[C@H](O)[C@@H](O)C=O. The predicted octanol–water partition coefficient (Wildman–Crippen LogP) is -1.71. The van der Waals surface area contributed by atoms with Crippen LogP contribution in [0.15, 0.2) is 5.11 Å². The summed E-state index contributed by atoms with van der Waals surface area (Å²) in [4.78, 5) is 12.3. The Kier molecular flexibility index (Phi) is 5.77. The van der Waals surface area contributed by atoms with Crippen molar-refractivity contribution in [1.82, 2.24) is 0 Å². The van der Waals surface area contributed by atoms with Gasteiger partial charge < -0.3 is 25.2 Å². The van der Waals surface area contributed by atoms with Gasteiger partial charge in [-0.2, -0.15) is 0 Å². The normalized spacial score (nSPS) is 18.9. The van der Waals surface area contributed by atoms with E-state index in [-0.39, 0.29) is 6.29 Å². The molecule has 0 aliphatic rings. The average molecular weight is 205 g/mol. The van der Waals surface area contributed by atoms with Crippen LogP contribution >= 0.6 is 0 Å². The van der Waals surface area contributed by atoms with Gasteiger partial charge in [0.2, 0.25) is 0 Å². The largest absolute Gasteiger partial charge is 0.390 e. The van der Waals surface area contributed by atoms with Crippen molar-refractivity contribution in [2.75, 3.05) is 0 Å². The van der Waals surface area contributed by atoms with Gasteiger partial charge in [-0.1, -0.05) is 5.11 Å². The molecule has 8 nitrogen and oxygen atoms in total. The van der Waals surface area contributed by atoms with Crippen LogP contribution in [0.5, 0.6) is 0 Å². The lowest BCUT2D eigenvalue weighted by Gasteiger charge is -2.19. The summed E-state index contributed by atoms with van der Waals surface area (Å²) in [5.74, 6) is 0. The van der Waals surface area contributed by atoms with Gasteiger partial charge in [-0.15, -0.1) is 0 Å². The van der Waals surface area contributed by atoms with Crippen LogP contribution in [0, 0.1) is 0 Å². The Balaban J connectivity index is 4.12. The summed E-state index contributed by atoms with van der Waals surface area (Å²) >= 11 is 0. The fourth-order valence-electron chi connectivity index (χ4n) is 0.770. The van der Waals surface area contributed by atoms with Crippen molar-refractivity contribution in [2.24, 2.45) is 5.11 Å². The lowest BCUT2D eigenvalue weighted by molar-refractivity contribution is -0.127. The smallest absolute Gasteiger partial charge is 0.151 e. The Morgan fingerprint density at radius 3 is 2.36 bits per heavy atom. The molecule has 0 saturated heterocycles. The zero-order valence-electron chi connectivity index (χ0n) is 7.13. The molecule has 0 amide bonds. The number of aliphatic hydroxyl groups excluding tert-OH is 4. The molecule has 0 fully saturated rings. The molecule has 0 aliphatic heterocycles. The van der Waals surface area contributed by atoms with Crippen LogP contribution in [-0.2, 0) is 4.79 Å². The first kappa shape index (κ1) is 12.8. The van der Waals surface area contributed by atoms with E-state index >= 15 is 0 Å². The molecule has 14 heavy (non-hydrogen) atoms. The maximum atomic E-state index is 10.00. The highest BCUT2D eigenvalue weighted by Gasteiger charge is 2.25. The summed E-state index contributed by atoms with van der Waals surface area (Å²) in [5, 5.41) is 38.6. The van der Waals surface area contributed by atoms with Crippen molar-refractivity contribution in [3.63, 3.8) is 0 Å². The third-order valence-corrected chi connectivity index (χ3v) is 1.52. The molecule has 0 bridgehead atoms. The van der Waals surface area contributed by atoms with Crippen LogP contribution in [0.25, 0.3) is 10.4 Å². The highest BCUT2D eigenvalue weighted by atomic mass is 16.4. The van der Waals surface area contributed by atoms with E-state index in [2.05, 4.69) is 10.0 Å². The maximum Gasteiger partial charge on any atom is 0.151 e. The van der Waals surface area contributed by atoms with Gasteiger partial charge in [0.1, 0.15) is 18.4 Å². The maximum absolute atomic E-state index is 10.00. The van der Waals surface area contributed by atoms with E-state index in [4.69, 9.17) is 26.0 Å². The number of nitrogens with zero attached hydrogens (tertiary/aromatic N) is 3. The summed E-state index contributed by atoms with van der Waals surface area (Å²) in [7, 11) is 0. The van der Waals surface area contributed by atoms with Gasteiger partial charge in [-0.05, 0) is 5.53 Å². The second kappa shape index (κ2) is 6.30. The molecule has 0 unspecified atom stereocenters. The van der Waals surface area contributed by atoms with Crippen molar-refractivity contribution in [3.8, 4) is 0 Å². The number of carbonyl (C=O) groups is 1. The molecule has 0 aromatic rings. The van der Waals surface area contributed by atoms with Crippen molar-refractivity contribution in [1.29, 1.82) is 0 Å². The van der Waals surface area contributed by atoms with Crippen molar-refractivity contribution in [3.05, 3.63) is 10.4 Å². The highest BCUT2D eigenvalue weighted by molar-refractivity contribution is 5.56. The molecule has 0 spiro atoms. The molecular weight excluding hydrogens is 194 g/mol. The summed E-state index contributed by atoms with van der Waals surface area (Å²) in [6.07, 6.45) is -6.91. The number of azide groups is 1.